The Morgan fingerprint density at radius 3 is 3.11 bits per heavy atom. The first kappa shape index (κ1) is 13.6. The molecule has 1 unspecified atom stereocenters. The third-order valence-electron chi connectivity index (χ3n) is 3.45. The summed E-state index contributed by atoms with van der Waals surface area (Å²) in [5, 5.41) is 2.81. The number of carbonyl (C=O) groups excluding carboxylic acids is 1. The Morgan fingerprint density at radius 1 is 1.53 bits per heavy atom. The molecule has 19 heavy (non-hydrogen) atoms. The van der Waals surface area contributed by atoms with E-state index < -0.39 is 0 Å². The zero-order valence-corrected chi connectivity index (χ0v) is 11.4. The first-order valence-electron chi connectivity index (χ1n) is 6.68. The van der Waals surface area contributed by atoms with Gasteiger partial charge < -0.3 is 9.64 Å². The van der Waals surface area contributed by atoms with Crippen molar-refractivity contribution in [3.05, 3.63) is 12.4 Å². The molecule has 1 aliphatic heterocycles. The fourth-order valence-corrected chi connectivity index (χ4v) is 2.39. The topological polar surface area (TPSA) is 67.4 Å². The number of hydrogen-bond donors (Lipinski definition) is 1. The van der Waals surface area contributed by atoms with Crippen LogP contribution in [0.15, 0.2) is 12.4 Å². The molecule has 1 N–H and O–H groups in total. The van der Waals surface area contributed by atoms with Gasteiger partial charge in [-0.25, -0.2) is 14.8 Å². The zero-order valence-electron chi connectivity index (χ0n) is 11.4. The summed E-state index contributed by atoms with van der Waals surface area (Å²) in [6.45, 7) is 2.93. The first-order valence-corrected chi connectivity index (χ1v) is 6.68. The standard InChI is InChI=1S/C13H20N4O2/c1-3-10-6-4-5-7-17(10)13(18)16-11-8-12(19-2)15-9-14-11/h8-10H,3-7H2,1-2H3,(H,14,15,16,18). The number of rotatable bonds is 3. The van der Waals surface area contributed by atoms with Crippen molar-refractivity contribution in [1.29, 1.82) is 0 Å². The highest BCUT2D eigenvalue weighted by Crippen LogP contribution is 2.20. The van der Waals surface area contributed by atoms with Gasteiger partial charge >= 0.3 is 6.03 Å². The van der Waals surface area contributed by atoms with Crippen molar-refractivity contribution in [2.45, 2.75) is 38.6 Å². The lowest BCUT2D eigenvalue weighted by molar-refractivity contribution is 0.160. The normalized spacial score (nSPS) is 19.1. The molecule has 0 radical (unpaired) electrons. The number of piperidine rings is 1. The number of methoxy groups -OCH3 is 1. The Labute approximate surface area is 113 Å². The number of nitrogens with one attached hydrogen (secondary N) is 1. The average molecular weight is 264 g/mol. The minimum absolute atomic E-state index is 0.0905. The summed E-state index contributed by atoms with van der Waals surface area (Å²) < 4.78 is 5.01. The van der Waals surface area contributed by atoms with Crippen LogP contribution < -0.4 is 10.1 Å². The molecule has 0 spiro atoms. The predicted molar refractivity (Wildman–Crippen MR) is 72.2 cm³/mol. The van der Waals surface area contributed by atoms with Gasteiger partial charge in [-0.1, -0.05) is 6.92 Å². The van der Waals surface area contributed by atoms with Gasteiger partial charge in [0.2, 0.25) is 5.88 Å². The molecule has 1 atom stereocenters. The number of hydrogen-bond acceptors (Lipinski definition) is 4. The van der Waals surface area contributed by atoms with Crippen LogP contribution in [0.25, 0.3) is 0 Å². The van der Waals surface area contributed by atoms with Crippen molar-refractivity contribution >= 4 is 11.8 Å². The van der Waals surface area contributed by atoms with Crippen molar-refractivity contribution < 1.29 is 9.53 Å². The van der Waals surface area contributed by atoms with E-state index in [1.54, 1.807) is 6.07 Å². The number of urea groups is 1. The molecule has 104 valence electrons. The molecule has 0 bridgehead atoms. The third kappa shape index (κ3) is 3.33. The fourth-order valence-electron chi connectivity index (χ4n) is 2.39. The maximum atomic E-state index is 12.3. The molecule has 1 aromatic heterocycles. The van der Waals surface area contributed by atoms with Crippen molar-refractivity contribution in [3.8, 4) is 5.88 Å². The van der Waals surface area contributed by atoms with Crippen LogP contribution in [-0.2, 0) is 0 Å². The molecule has 2 amide bonds. The van der Waals surface area contributed by atoms with E-state index in [1.807, 2.05) is 4.90 Å². The fraction of sp³-hybridized carbons (Fsp3) is 0.615. The number of carbonyl (C=O) groups is 1. The van der Waals surface area contributed by atoms with Gasteiger partial charge in [-0.05, 0) is 25.7 Å². The monoisotopic (exact) mass is 264 g/mol. The molecule has 1 fully saturated rings. The summed E-state index contributed by atoms with van der Waals surface area (Å²) in [5.41, 5.74) is 0. The molecule has 2 rings (SSSR count). The van der Waals surface area contributed by atoms with E-state index in [1.165, 1.54) is 19.9 Å². The molecule has 0 saturated carbocycles. The number of aromatic nitrogens is 2. The van der Waals surface area contributed by atoms with Crippen LogP contribution in [-0.4, -0.2) is 40.6 Å². The van der Waals surface area contributed by atoms with E-state index in [9.17, 15) is 4.79 Å². The predicted octanol–water partition coefficient (Wildman–Crippen LogP) is 2.28. The van der Waals surface area contributed by atoms with E-state index in [0.29, 0.717) is 17.7 Å². The molecule has 1 aliphatic rings. The van der Waals surface area contributed by atoms with Crippen LogP contribution >= 0.6 is 0 Å². The summed E-state index contributed by atoms with van der Waals surface area (Å²) in [6.07, 6.45) is 5.71. The SMILES string of the molecule is CCC1CCCCN1C(=O)Nc1cc(OC)ncn1. The molecule has 0 aromatic carbocycles. The molecule has 6 heteroatoms. The Kier molecular flexibility index (Phi) is 4.54. The lowest BCUT2D eigenvalue weighted by Gasteiger charge is -2.35. The Balaban J connectivity index is 2.02. The number of amides is 2. The van der Waals surface area contributed by atoms with Crippen LogP contribution in [0.2, 0.25) is 0 Å². The minimum Gasteiger partial charge on any atom is -0.481 e. The van der Waals surface area contributed by atoms with Crippen LogP contribution in [0.4, 0.5) is 10.6 Å². The number of likely N-dealkylation sites (tertiary alicyclic amines) is 1. The zero-order chi connectivity index (χ0) is 13.7. The molecule has 0 aliphatic carbocycles. The van der Waals surface area contributed by atoms with Gasteiger partial charge in [-0.15, -0.1) is 0 Å². The molecule has 1 aromatic rings. The minimum atomic E-state index is -0.0905. The Morgan fingerprint density at radius 2 is 2.37 bits per heavy atom. The van der Waals surface area contributed by atoms with E-state index in [-0.39, 0.29) is 6.03 Å². The summed E-state index contributed by atoms with van der Waals surface area (Å²) in [6, 6.07) is 1.85. The lowest BCUT2D eigenvalue weighted by Crippen LogP contribution is -2.45. The maximum absolute atomic E-state index is 12.3. The third-order valence-corrected chi connectivity index (χ3v) is 3.45. The highest BCUT2D eigenvalue weighted by Gasteiger charge is 2.25. The van der Waals surface area contributed by atoms with Gasteiger partial charge in [-0.2, -0.15) is 0 Å². The molecule has 1 saturated heterocycles. The van der Waals surface area contributed by atoms with Crippen LogP contribution in [0.3, 0.4) is 0 Å². The van der Waals surface area contributed by atoms with Crippen LogP contribution in [0.5, 0.6) is 5.88 Å². The van der Waals surface area contributed by atoms with E-state index >= 15 is 0 Å². The van der Waals surface area contributed by atoms with Gasteiger partial charge in [0.05, 0.1) is 7.11 Å². The first-order chi connectivity index (χ1) is 9.24. The van der Waals surface area contributed by atoms with Gasteiger partial charge in [-0.3, -0.25) is 5.32 Å². The van der Waals surface area contributed by atoms with Crippen molar-refractivity contribution in [2.75, 3.05) is 19.0 Å². The summed E-state index contributed by atoms with van der Waals surface area (Å²) in [4.78, 5) is 22.1. The summed E-state index contributed by atoms with van der Waals surface area (Å²) in [7, 11) is 1.53. The average Bonchev–Trinajstić information content (AvgIpc) is 2.47. The summed E-state index contributed by atoms with van der Waals surface area (Å²) >= 11 is 0. The second kappa shape index (κ2) is 6.36. The van der Waals surface area contributed by atoms with Crippen LogP contribution in [0.1, 0.15) is 32.6 Å². The second-order valence-corrected chi connectivity index (χ2v) is 4.63. The molecule has 6 nitrogen and oxygen atoms in total. The Hall–Kier alpha value is -1.85. The Bertz CT molecular complexity index is 438. The number of ether oxygens (including phenoxy) is 1. The maximum Gasteiger partial charge on any atom is 0.323 e. The van der Waals surface area contributed by atoms with Crippen molar-refractivity contribution in [3.63, 3.8) is 0 Å². The lowest BCUT2D eigenvalue weighted by atomic mass is 10.0. The smallest absolute Gasteiger partial charge is 0.323 e. The van der Waals surface area contributed by atoms with Crippen molar-refractivity contribution in [1.82, 2.24) is 14.9 Å². The van der Waals surface area contributed by atoms with Crippen molar-refractivity contribution in [2.24, 2.45) is 0 Å². The largest absolute Gasteiger partial charge is 0.481 e. The van der Waals surface area contributed by atoms with E-state index in [0.717, 1.165) is 25.8 Å². The quantitative estimate of drug-likeness (QED) is 0.909. The highest BCUT2D eigenvalue weighted by molar-refractivity contribution is 5.88. The number of anilines is 1. The molecule has 2 heterocycles. The van der Waals surface area contributed by atoms with Gasteiger partial charge in [0, 0.05) is 18.7 Å². The van der Waals surface area contributed by atoms with E-state index in [2.05, 4.69) is 22.2 Å². The second-order valence-electron chi connectivity index (χ2n) is 4.63. The van der Waals surface area contributed by atoms with E-state index in [4.69, 9.17) is 4.74 Å². The highest BCUT2D eigenvalue weighted by atomic mass is 16.5. The van der Waals surface area contributed by atoms with Gasteiger partial charge in [0.25, 0.3) is 0 Å². The van der Waals surface area contributed by atoms with Gasteiger partial charge in [0.1, 0.15) is 12.1 Å². The molecular weight excluding hydrogens is 244 g/mol. The number of nitrogens with zero attached hydrogens (tertiary/aromatic N) is 3. The summed E-state index contributed by atoms with van der Waals surface area (Å²) in [5.74, 6) is 0.910. The van der Waals surface area contributed by atoms with Gasteiger partial charge in [0.15, 0.2) is 0 Å². The molecular formula is C13H20N4O2. The van der Waals surface area contributed by atoms with Crippen LogP contribution in [0, 0.1) is 0 Å².